The first-order chi connectivity index (χ1) is 13.8. The Bertz CT molecular complexity index is 692. The predicted molar refractivity (Wildman–Crippen MR) is 116 cm³/mol. The molecule has 1 atom stereocenters. The number of nitrogens with zero attached hydrogens (tertiary/aromatic N) is 2. The third-order valence-corrected chi connectivity index (χ3v) is 6.06. The fraction of sp³-hybridized carbons (Fsp3) is 0.440. The van der Waals surface area contributed by atoms with E-state index in [2.05, 4.69) is 53.3 Å². The van der Waals surface area contributed by atoms with Crippen molar-refractivity contribution in [1.29, 1.82) is 0 Å². The monoisotopic (exact) mass is 380 g/mol. The zero-order chi connectivity index (χ0) is 19.8. The van der Waals surface area contributed by atoms with Gasteiger partial charge in [-0.2, -0.15) is 0 Å². The molecule has 0 spiro atoms. The minimum Gasteiger partial charge on any atom is -0.303 e. The number of likely N-dealkylation sites (tertiary alicyclic amines) is 2. The van der Waals surface area contributed by atoms with E-state index in [1.165, 1.54) is 63.1 Å². The second kappa shape index (κ2) is 10.5. The Hall–Kier alpha value is -1.97. The van der Waals surface area contributed by atoms with Gasteiger partial charge in [0.2, 0.25) is 0 Å². The van der Waals surface area contributed by atoms with Crippen molar-refractivity contribution in [2.24, 2.45) is 5.92 Å². The molecular formula is C25H33FN2. The minimum atomic E-state index is -0.132. The van der Waals surface area contributed by atoms with Crippen molar-refractivity contribution in [3.63, 3.8) is 0 Å². The topological polar surface area (TPSA) is 6.48 Å². The van der Waals surface area contributed by atoms with Crippen LogP contribution in [0.25, 0.3) is 0 Å². The summed E-state index contributed by atoms with van der Waals surface area (Å²) in [7, 11) is 0. The van der Waals surface area contributed by atoms with Gasteiger partial charge >= 0.3 is 0 Å². The SMILES string of the molecule is C=C.Fc1ccc(C2CCN(C[C@H]3CCN(Cc4ccccc4)C3)CC2)cc1. The van der Waals surface area contributed by atoms with Crippen LogP contribution in [-0.4, -0.2) is 42.5 Å². The van der Waals surface area contributed by atoms with Crippen LogP contribution >= 0.6 is 0 Å². The molecule has 0 radical (unpaired) electrons. The second-order valence-electron chi connectivity index (χ2n) is 8.00. The molecule has 0 aromatic heterocycles. The highest BCUT2D eigenvalue weighted by Gasteiger charge is 2.27. The highest BCUT2D eigenvalue weighted by Crippen LogP contribution is 2.29. The Morgan fingerprint density at radius 2 is 1.46 bits per heavy atom. The first-order valence-electron chi connectivity index (χ1n) is 10.5. The normalized spacial score (nSPS) is 21.2. The number of piperidine rings is 1. The summed E-state index contributed by atoms with van der Waals surface area (Å²) in [5, 5.41) is 0. The van der Waals surface area contributed by atoms with Crippen LogP contribution in [0.2, 0.25) is 0 Å². The van der Waals surface area contributed by atoms with Gasteiger partial charge < -0.3 is 4.90 Å². The maximum Gasteiger partial charge on any atom is 0.123 e. The van der Waals surface area contributed by atoms with Gasteiger partial charge in [0.05, 0.1) is 0 Å². The maximum absolute atomic E-state index is 13.1. The van der Waals surface area contributed by atoms with Crippen LogP contribution in [0, 0.1) is 11.7 Å². The summed E-state index contributed by atoms with van der Waals surface area (Å²) in [4.78, 5) is 5.25. The summed E-state index contributed by atoms with van der Waals surface area (Å²) in [5.41, 5.74) is 2.73. The second-order valence-corrected chi connectivity index (χ2v) is 8.00. The van der Waals surface area contributed by atoms with Gasteiger partial charge in [-0.3, -0.25) is 4.90 Å². The van der Waals surface area contributed by atoms with Gasteiger partial charge in [0.1, 0.15) is 5.82 Å². The highest BCUT2D eigenvalue weighted by atomic mass is 19.1. The van der Waals surface area contributed by atoms with Crippen molar-refractivity contribution in [3.8, 4) is 0 Å². The molecule has 2 heterocycles. The van der Waals surface area contributed by atoms with Gasteiger partial charge in [0, 0.05) is 19.6 Å². The molecule has 2 saturated heterocycles. The highest BCUT2D eigenvalue weighted by molar-refractivity contribution is 5.21. The maximum atomic E-state index is 13.1. The molecule has 2 fully saturated rings. The lowest BCUT2D eigenvalue weighted by atomic mass is 9.89. The number of hydrogen-bond donors (Lipinski definition) is 0. The minimum absolute atomic E-state index is 0.132. The van der Waals surface area contributed by atoms with Crippen molar-refractivity contribution in [1.82, 2.24) is 9.80 Å². The average Bonchev–Trinajstić information content (AvgIpc) is 3.18. The third-order valence-electron chi connectivity index (χ3n) is 6.06. The van der Waals surface area contributed by atoms with Crippen molar-refractivity contribution < 1.29 is 4.39 Å². The molecule has 0 bridgehead atoms. The Morgan fingerprint density at radius 3 is 2.14 bits per heavy atom. The molecule has 2 aromatic carbocycles. The lowest BCUT2D eigenvalue weighted by molar-refractivity contribution is 0.181. The van der Waals surface area contributed by atoms with Crippen LogP contribution in [-0.2, 0) is 6.54 Å². The number of hydrogen-bond acceptors (Lipinski definition) is 2. The summed E-state index contributed by atoms with van der Waals surface area (Å²) in [6.07, 6.45) is 3.73. The number of halogens is 1. The van der Waals surface area contributed by atoms with Crippen LogP contribution in [0.3, 0.4) is 0 Å². The summed E-state index contributed by atoms with van der Waals surface area (Å²) in [6.45, 7) is 13.1. The summed E-state index contributed by atoms with van der Waals surface area (Å²) >= 11 is 0. The first-order valence-corrected chi connectivity index (χ1v) is 10.5. The van der Waals surface area contributed by atoms with E-state index >= 15 is 0 Å². The summed E-state index contributed by atoms with van der Waals surface area (Å²) in [5.74, 6) is 1.28. The lowest BCUT2D eigenvalue weighted by Crippen LogP contribution is -2.37. The third kappa shape index (κ3) is 5.76. The Kier molecular flexibility index (Phi) is 7.81. The van der Waals surface area contributed by atoms with E-state index in [1.807, 2.05) is 12.1 Å². The quantitative estimate of drug-likeness (QED) is 0.647. The molecule has 0 unspecified atom stereocenters. The van der Waals surface area contributed by atoms with Crippen LogP contribution in [0.5, 0.6) is 0 Å². The molecule has 2 aromatic rings. The molecule has 0 aliphatic carbocycles. The number of rotatable bonds is 5. The smallest absolute Gasteiger partial charge is 0.123 e. The first kappa shape index (κ1) is 20.8. The van der Waals surface area contributed by atoms with Gasteiger partial charge in [0.25, 0.3) is 0 Å². The Labute approximate surface area is 169 Å². The van der Waals surface area contributed by atoms with E-state index in [-0.39, 0.29) is 5.82 Å². The molecular weight excluding hydrogens is 347 g/mol. The predicted octanol–water partition coefficient (Wildman–Crippen LogP) is 5.33. The van der Waals surface area contributed by atoms with Crippen LogP contribution in [0.15, 0.2) is 67.8 Å². The van der Waals surface area contributed by atoms with E-state index in [0.29, 0.717) is 5.92 Å². The molecule has 150 valence electrons. The Morgan fingerprint density at radius 1 is 0.821 bits per heavy atom. The fourth-order valence-electron chi connectivity index (χ4n) is 4.60. The standard InChI is InChI=1S/C23H29FN2.C2H4/c24-23-8-6-21(7-9-23)22-11-14-25(15-12-22)17-20-10-13-26(18-20)16-19-4-2-1-3-5-19;1-2/h1-9,20,22H,10-18H2;1-2H2/t20-;/m1./s1. The molecule has 0 saturated carbocycles. The zero-order valence-corrected chi connectivity index (χ0v) is 16.9. The van der Waals surface area contributed by atoms with Crippen LogP contribution in [0.1, 0.15) is 36.3 Å². The molecule has 2 nitrogen and oxygen atoms in total. The van der Waals surface area contributed by atoms with Gasteiger partial charge in [-0.15, -0.1) is 13.2 Å². The molecule has 0 N–H and O–H groups in total. The van der Waals surface area contributed by atoms with Crippen molar-refractivity contribution in [3.05, 3.63) is 84.7 Å². The largest absolute Gasteiger partial charge is 0.303 e. The van der Waals surface area contributed by atoms with Crippen molar-refractivity contribution >= 4 is 0 Å². The average molecular weight is 381 g/mol. The van der Waals surface area contributed by atoms with Crippen LogP contribution in [0.4, 0.5) is 4.39 Å². The molecule has 28 heavy (non-hydrogen) atoms. The van der Waals surface area contributed by atoms with Gasteiger partial charge in [-0.1, -0.05) is 42.5 Å². The van der Waals surface area contributed by atoms with Gasteiger partial charge in [-0.25, -0.2) is 4.39 Å². The molecule has 2 aliphatic rings. The van der Waals surface area contributed by atoms with Crippen molar-refractivity contribution in [2.75, 3.05) is 32.7 Å². The van der Waals surface area contributed by atoms with Crippen molar-refractivity contribution in [2.45, 2.75) is 31.7 Å². The number of benzene rings is 2. The van der Waals surface area contributed by atoms with E-state index in [1.54, 1.807) is 12.1 Å². The van der Waals surface area contributed by atoms with E-state index in [0.717, 1.165) is 12.5 Å². The van der Waals surface area contributed by atoms with E-state index < -0.39 is 0 Å². The van der Waals surface area contributed by atoms with Crippen LogP contribution < -0.4 is 0 Å². The van der Waals surface area contributed by atoms with Gasteiger partial charge in [-0.05, 0) is 74.0 Å². The lowest BCUT2D eigenvalue weighted by Gasteiger charge is -2.33. The molecule has 0 amide bonds. The van der Waals surface area contributed by atoms with E-state index in [9.17, 15) is 4.39 Å². The fourth-order valence-corrected chi connectivity index (χ4v) is 4.60. The van der Waals surface area contributed by atoms with Gasteiger partial charge in [0.15, 0.2) is 0 Å². The summed E-state index contributed by atoms with van der Waals surface area (Å²) in [6, 6.07) is 17.9. The summed E-state index contributed by atoms with van der Waals surface area (Å²) < 4.78 is 13.1. The zero-order valence-electron chi connectivity index (χ0n) is 16.9. The Balaban J connectivity index is 0.00000109. The molecule has 3 heteroatoms. The molecule has 2 aliphatic heterocycles. The van der Waals surface area contributed by atoms with E-state index in [4.69, 9.17) is 0 Å². The molecule has 4 rings (SSSR count).